The first kappa shape index (κ1) is 15.5. The summed E-state index contributed by atoms with van der Waals surface area (Å²) in [6.45, 7) is 0.877. The highest BCUT2D eigenvalue weighted by molar-refractivity contribution is 7.98. The summed E-state index contributed by atoms with van der Waals surface area (Å²) in [5.74, 6) is 2.74. The largest absolute Gasteiger partial charge is 0.370 e. The number of aromatic nitrogens is 2. The van der Waals surface area contributed by atoms with E-state index in [9.17, 15) is 0 Å². The first-order valence-electron chi connectivity index (χ1n) is 6.41. The normalized spacial score (nSPS) is 10.9. The minimum absolute atomic E-state index is 0.0826. The third kappa shape index (κ3) is 3.88. The van der Waals surface area contributed by atoms with Crippen molar-refractivity contribution in [1.29, 1.82) is 5.41 Å². The van der Waals surface area contributed by atoms with Gasteiger partial charge in [0.1, 0.15) is 5.82 Å². The molecule has 0 unspecified atom stereocenters. The Labute approximate surface area is 143 Å². The highest BCUT2D eigenvalue weighted by Gasteiger charge is 2.06. The third-order valence-corrected chi connectivity index (χ3v) is 6.20. The number of fused-ring (bicyclic) bond motifs is 1. The van der Waals surface area contributed by atoms with E-state index in [1.807, 2.05) is 17.1 Å². The summed E-state index contributed by atoms with van der Waals surface area (Å²) >= 11 is 6.52. The third-order valence-electron chi connectivity index (χ3n) is 2.70. The summed E-state index contributed by atoms with van der Waals surface area (Å²) in [6.07, 6.45) is 0. The van der Waals surface area contributed by atoms with Crippen LogP contribution in [0.15, 0.2) is 16.1 Å². The van der Waals surface area contributed by atoms with E-state index in [1.165, 1.54) is 33.0 Å². The first-order valence-corrected chi connectivity index (χ1v) is 10.2. The molecule has 5 N–H and O–H groups in total. The lowest BCUT2D eigenvalue weighted by Crippen LogP contribution is -2.20. The summed E-state index contributed by atoms with van der Waals surface area (Å²) < 4.78 is 5.66. The molecule has 0 amide bonds. The highest BCUT2D eigenvalue weighted by Crippen LogP contribution is 2.29. The number of nitrogens with zero attached hydrogens (tertiary/aromatic N) is 2. The van der Waals surface area contributed by atoms with Crippen molar-refractivity contribution in [3.05, 3.63) is 21.8 Å². The van der Waals surface area contributed by atoms with Gasteiger partial charge >= 0.3 is 0 Å². The number of thiazole rings is 1. The van der Waals surface area contributed by atoms with Gasteiger partial charge in [0.15, 0.2) is 11.1 Å². The van der Waals surface area contributed by atoms with E-state index in [2.05, 4.69) is 30.8 Å². The lowest BCUT2D eigenvalue weighted by Gasteiger charge is -2.02. The number of thioether (sulfide) groups is 1. The summed E-state index contributed by atoms with van der Waals surface area (Å²) in [7, 11) is 0. The fourth-order valence-corrected chi connectivity index (χ4v) is 5.05. The van der Waals surface area contributed by atoms with Crippen molar-refractivity contribution in [1.82, 2.24) is 9.36 Å². The zero-order valence-electron chi connectivity index (χ0n) is 11.5. The molecule has 0 aliphatic rings. The smallest absolute Gasteiger partial charge is 0.192 e. The van der Waals surface area contributed by atoms with Gasteiger partial charge in [-0.2, -0.15) is 27.5 Å². The number of thiophene rings is 1. The van der Waals surface area contributed by atoms with E-state index in [-0.39, 0.29) is 5.96 Å². The number of anilines is 2. The van der Waals surface area contributed by atoms with Crippen LogP contribution in [0.3, 0.4) is 0 Å². The minimum Gasteiger partial charge on any atom is -0.370 e. The van der Waals surface area contributed by atoms with E-state index in [0.717, 1.165) is 29.6 Å². The molecule has 0 aromatic carbocycles. The molecule has 0 spiro atoms. The van der Waals surface area contributed by atoms with Crippen LogP contribution in [0.2, 0.25) is 0 Å². The van der Waals surface area contributed by atoms with Gasteiger partial charge in [0.05, 0.1) is 10.4 Å². The molecule has 0 radical (unpaired) electrons. The van der Waals surface area contributed by atoms with Crippen LogP contribution in [0.4, 0.5) is 10.9 Å². The van der Waals surface area contributed by atoms with Crippen molar-refractivity contribution in [3.8, 4) is 0 Å². The Bertz CT molecular complexity index is 760. The Morgan fingerprint density at radius 1 is 1.36 bits per heavy atom. The molecule has 116 valence electrons. The van der Waals surface area contributed by atoms with Crippen LogP contribution >= 0.6 is 46.0 Å². The van der Waals surface area contributed by atoms with Gasteiger partial charge in [-0.1, -0.05) is 0 Å². The van der Waals surface area contributed by atoms with E-state index in [1.54, 1.807) is 11.3 Å². The van der Waals surface area contributed by atoms with E-state index in [4.69, 9.17) is 11.1 Å². The summed E-state index contributed by atoms with van der Waals surface area (Å²) in [4.78, 5) is 4.37. The molecule has 0 saturated carbocycles. The van der Waals surface area contributed by atoms with Crippen molar-refractivity contribution >= 4 is 73.0 Å². The number of hydrogen-bond acceptors (Lipinski definition) is 8. The van der Waals surface area contributed by atoms with E-state index < -0.39 is 0 Å². The Kier molecular flexibility index (Phi) is 5.13. The van der Waals surface area contributed by atoms with E-state index in [0.29, 0.717) is 5.13 Å². The van der Waals surface area contributed by atoms with Gasteiger partial charge in [-0.3, -0.25) is 5.41 Å². The minimum atomic E-state index is -0.0826. The molecule has 0 aliphatic carbocycles. The van der Waals surface area contributed by atoms with Crippen molar-refractivity contribution < 1.29 is 0 Å². The molecule has 0 bridgehead atoms. The molecule has 22 heavy (non-hydrogen) atoms. The molecule has 3 heterocycles. The summed E-state index contributed by atoms with van der Waals surface area (Å²) in [5, 5.41) is 21.4. The molecular formula is C12H14N6S4. The molecular weight excluding hydrogens is 356 g/mol. The van der Waals surface area contributed by atoms with Gasteiger partial charge in [-0.15, -0.1) is 11.3 Å². The predicted octanol–water partition coefficient (Wildman–Crippen LogP) is 3.46. The van der Waals surface area contributed by atoms with Crippen molar-refractivity contribution in [3.63, 3.8) is 0 Å². The topological polar surface area (TPSA) is 99.7 Å². The number of hydrogen-bond donors (Lipinski definition) is 4. The average molecular weight is 371 g/mol. The van der Waals surface area contributed by atoms with Gasteiger partial charge in [0.2, 0.25) is 0 Å². The molecule has 3 rings (SSSR count). The molecule has 0 atom stereocenters. The van der Waals surface area contributed by atoms with Crippen molar-refractivity contribution in [2.24, 2.45) is 5.73 Å². The maximum absolute atomic E-state index is 7.16. The second kappa shape index (κ2) is 7.27. The lowest BCUT2D eigenvalue weighted by molar-refractivity contribution is 1.19. The zero-order chi connectivity index (χ0) is 15.4. The quantitative estimate of drug-likeness (QED) is 0.289. The van der Waals surface area contributed by atoms with Gasteiger partial charge in [0, 0.05) is 39.6 Å². The number of rotatable bonds is 7. The van der Waals surface area contributed by atoms with Gasteiger partial charge in [-0.25, -0.2) is 4.98 Å². The predicted molar refractivity (Wildman–Crippen MR) is 99.8 cm³/mol. The Morgan fingerprint density at radius 2 is 2.27 bits per heavy atom. The molecule has 0 fully saturated rings. The van der Waals surface area contributed by atoms with Gasteiger partial charge < -0.3 is 16.4 Å². The molecule has 6 nitrogen and oxygen atoms in total. The van der Waals surface area contributed by atoms with Crippen LogP contribution in [-0.2, 0) is 5.75 Å². The molecule has 3 aromatic rings. The monoisotopic (exact) mass is 370 g/mol. The Morgan fingerprint density at radius 3 is 3.14 bits per heavy atom. The Hall–Kier alpha value is -1.36. The standard InChI is InChI=1S/C12H14N6S4/c13-11(14)17-12-16-7(4-21-12)3-19-2-1-15-10-8-5-20-6-9(8)22-18-10/h4-6H,1-3H2,(H,15,18)(H4,13,14,16,17). The molecule has 0 saturated heterocycles. The van der Waals surface area contributed by atoms with Gasteiger partial charge in [-0.05, 0) is 11.5 Å². The summed E-state index contributed by atoms with van der Waals surface area (Å²) in [6, 6.07) is 0. The van der Waals surface area contributed by atoms with E-state index >= 15 is 0 Å². The Balaban J connectivity index is 1.39. The van der Waals surface area contributed by atoms with Crippen molar-refractivity contribution in [2.75, 3.05) is 22.9 Å². The fraction of sp³-hybridized carbons (Fsp3) is 0.250. The maximum Gasteiger partial charge on any atom is 0.192 e. The van der Waals surface area contributed by atoms with Crippen LogP contribution in [-0.4, -0.2) is 27.6 Å². The average Bonchev–Trinajstić information content (AvgIpc) is 3.16. The lowest BCUT2D eigenvalue weighted by atomic mass is 10.4. The number of guanidine groups is 1. The van der Waals surface area contributed by atoms with Crippen LogP contribution in [0.1, 0.15) is 5.69 Å². The zero-order valence-corrected chi connectivity index (χ0v) is 14.7. The first-order chi connectivity index (χ1) is 10.7. The maximum atomic E-state index is 7.16. The molecule has 3 aromatic heterocycles. The second-order valence-corrected chi connectivity index (χ2v) is 7.85. The molecule has 10 heteroatoms. The SMILES string of the molecule is N=C(N)Nc1nc(CSCCNc2nsc3cscc23)cs1. The molecule has 0 aliphatic heterocycles. The fourth-order valence-electron chi connectivity index (χ4n) is 1.76. The number of nitrogens with two attached hydrogens (primary N) is 1. The highest BCUT2D eigenvalue weighted by atomic mass is 32.2. The number of nitrogens with one attached hydrogen (secondary N) is 3. The van der Waals surface area contributed by atoms with Crippen LogP contribution in [0.25, 0.3) is 10.1 Å². The van der Waals surface area contributed by atoms with Crippen LogP contribution < -0.4 is 16.4 Å². The van der Waals surface area contributed by atoms with Crippen LogP contribution in [0.5, 0.6) is 0 Å². The van der Waals surface area contributed by atoms with Gasteiger partial charge in [0.25, 0.3) is 0 Å². The van der Waals surface area contributed by atoms with Crippen molar-refractivity contribution in [2.45, 2.75) is 5.75 Å². The second-order valence-electron chi connectivity index (χ2n) is 4.34. The van der Waals surface area contributed by atoms with Crippen LogP contribution in [0, 0.1) is 5.41 Å². The summed E-state index contributed by atoms with van der Waals surface area (Å²) in [5.41, 5.74) is 6.28.